The van der Waals surface area contributed by atoms with Gasteiger partial charge in [-0.1, -0.05) is 11.8 Å². The minimum Gasteiger partial charge on any atom is -0.382 e. The summed E-state index contributed by atoms with van der Waals surface area (Å²) in [7, 11) is 0. The van der Waals surface area contributed by atoms with E-state index in [0.717, 1.165) is 4.34 Å². The van der Waals surface area contributed by atoms with Crippen molar-refractivity contribution in [2.24, 2.45) is 5.41 Å². The first-order valence-electron chi connectivity index (χ1n) is 4.18. The minimum atomic E-state index is -1.05. The number of thiazole rings is 1. The van der Waals surface area contributed by atoms with Gasteiger partial charge >= 0.3 is 0 Å². The van der Waals surface area contributed by atoms with Crippen molar-refractivity contribution in [1.29, 1.82) is 5.26 Å². The third-order valence-electron chi connectivity index (χ3n) is 1.86. The number of anilines is 1. The predicted molar refractivity (Wildman–Crippen MR) is 62.0 cm³/mol. The molecule has 0 saturated heterocycles. The Morgan fingerprint density at radius 3 is 2.67 bits per heavy atom. The molecule has 0 aromatic carbocycles. The molecule has 0 unspecified atom stereocenters. The van der Waals surface area contributed by atoms with Crippen LogP contribution in [0.1, 0.15) is 23.5 Å². The second kappa shape index (κ2) is 4.21. The van der Waals surface area contributed by atoms with Crippen LogP contribution in [0.2, 0.25) is 0 Å². The summed E-state index contributed by atoms with van der Waals surface area (Å²) in [6.45, 7) is 3.15. The number of nitrogen functional groups attached to an aromatic ring is 1. The molecule has 80 valence electrons. The second-order valence-electron chi connectivity index (χ2n) is 3.46. The van der Waals surface area contributed by atoms with Crippen LogP contribution in [0.5, 0.6) is 0 Å². The smallest absolute Gasteiger partial charge is 0.196 e. The molecule has 0 radical (unpaired) electrons. The van der Waals surface area contributed by atoms with E-state index >= 15 is 0 Å². The fourth-order valence-corrected chi connectivity index (χ4v) is 2.49. The standard InChI is InChI=1S/C9H11N3OS2/c1-9(2,4-10)6(13)5-7(11)12-8(14-3)15-5/h11H2,1-3H3. The first-order valence-corrected chi connectivity index (χ1v) is 6.23. The van der Waals surface area contributed by atoms with Gasteiger partial charge in [-0.25, -0.2) is 4.98 Å². The average Bonchev–Trinajstić information content (AvgIpc) is 2.58. The molecule has 0 bridgehead atoms. The first kappa shape index (κ1) is 12.0. The van der Waals surface area contributed by atoms with Crippen molar-refractivity contribution in [3.05, 3.63) is 4.88 Å². The van der Waals surface area contributed by atoms with Crippen LogP contribution in [-0.4, -0.2) is 17.0 Å². The van der Waals surface area contributed by atoms with Gasteiger partial charge in [-0.05, 0) is 20.1 Å². The van der Waals surface area contributed by atoms with E-state index in [1.807, 2.05) is 12.3 Å². The van der Waals surface area contributed by atoms with Gasteiger partial charge in [-0.3, -0.25) is 4.79 Å². The number of nitriles is 1. The van der Waals surface area contributed by atoms with Crippen LogP contribution in [0.25, 0.3) is 0 Å². The van der Waals surface area contributed by atoms with Crippen LogP contribution in [-0.2, 0) is 0 Å². The Bertz CT molecular complexity index is 431. The van der Waals surface area contributed by atoms with Gasteiger partial charge in [0.2, 0.25) is 0 Å². The van der Waals surface area contributed by atoms with Crippen LogP contribution in [0.3, 0.4) is 0 Å². The van der Waals surface area contributed by atoms with E-state index < -0.39 is 5.41 Å². The van der Waals surface area contributed by atoms with Gasteiger partial charge in [0.1, 0.15) is 16.1 Å². The summed E-state index contributed by atoms with van der Waals surface area (Å²) in [6.07, 6.45) is 1.86. The number of thioether (sulfide) groups is 1. The molecule has 0 aliphatic carbocycles. The molecule has 0 atom stereocenters. The maximum absolute atomic E-state index is 11.9. The summed E-state index contributed by atoms with van der Waals surface area (Å²) in [5.41, 5.74) is 4.58. The Hall–Kier alpha value is -1.06. The second-order valence-corrected chi connectivity index (χ2v) is 5.52. The lowest BCUT2D eigenvalue weighted by Crippen LogP contribution is -2.22. The number of hydrogen-bond acceptors (Lipinski definition) is 6. The molecule has 1 rings (SSSR count). The zero-order chi connectivity index (χ0) is 11.6. The number of rotatable bonds is 3. The highest BCUT2D eigenvalue weighted by Gasteiger charge is 2.31. The van der Waals surface area contributed by atoms with Crippen LogP contribution in [0.4, 0.5) is 5.82 Å². The first-order chi connectivity index (χ1) is 6.92. The highest BCUT2D eigenvalue weighted by atomic mass is 32.2. The summed E-state index contributed by atoms with van der Waals surface area (Å²) < 4.78 is 0.740. The number of ketones is 1. The van der Waals surface area contributed by atoms with Crippen molar-refractivity contribution >= 4 is 34.7 Å². The molecule has 6 heteroatoms. The summed E-state index contributed by atoms with van der Waals surface area (Å²) in [4.78, 5) is 16.3. The van der Waals surface area contributed by atoms with Crippen molar-refractivity contribution in [2.75, 3.05) is 12.0 Å². The molecular formula is C9H11N3OS2. The van der Waals surface area contributed by atoms with E-state index in [1.165, 1.54) is 23.1 Å². The fraction of sp³-hybridized carbons (Fsp3) is 0.444. The molecule has 0 amide bonds. The summed E-state index contributed by atoms with van der Waals surface area (Å²) >= 11 is 2.67. The Morgan fingerprint density at radius 1 is 1.67 bits per heavy atom. The summed E-state index contributed by atoms with van der Waals surface area (Å²) in [5, 5.41) is 8.85. The van der Waals surface area contributed by atoms with E-state index in [9.17, 15) is 4.79 Å². The minimum absolute atomic E-state index is 0.220. The van der Waals surface area contributed by atoms with E-state index in [0.29, 0.717) is 4.88 Å². The maximum atomic E-state index is 11.9. The van der Waals surface area contributed by atoms with E-state index in [4.69, 9.17) is 11.0 Å². The number of carbonyl (C=O) groups excluding carboxylic acids is 1. The fourth-order valence-electron chi connectivity index (χ4n) is 0.896. The molecule has 1 heterocycles. The SMILES string of the molecule is CSc1nc(N)c(C(=O)C(C)(C)C#N)s1. The quantitative estimate of drug-likeness (QED) is 0.648. The van der Waals surface area contributed by atoms with E-state index in [1.54, 1.807) is 13.8 Å². The Balaban J connectivity index is 3.13. The third kappa shape index (κ3) is 2.30. The lowest BCUT2D eigenvalue weighted by atomic mass is 9.89. The normalized spacial score (nSPS) is 11.1. The van der Waals surface area contributed by atoms with Gasteiger partial charge in [0.15, 0.2) is 10.1 Å². The Kier molecular flexibility index (Phi) is 3.37. The average molecular weight is 241 g/mol. The number of nitrogens with two attached hydrogens (primary N) is 1. The van der Waals surface area contributed by atoms with Crippen molar-refractivity contribution in [3.8, 4) is 6.07 Å². The van der Waals surface area contributed by atoms with Crippen molar-refractivity contribution in [1.82, 2.24) is 4.98 Å². The Morgan fingerprint density at radius 2 is 2.27 bits per heavy atom. The van der Waals surface area contributed by atoms with E-state index in [-0.39, 0.29) is 11.6 Å². The zero-order valence-corrected chi connectivity index (χ0v) is 10.3. The highest BCUT2D eigenvalue weighted by Crippen LogP contribution is 2.32. The highest BCUT2D eigenvalue weighted by molar-refractivity contribution is 8.00. The Labute approximate surface area is 96.5 Å². The van der Waals surface area contributed by atoms with Crippen LogP contribution < -0.4 is 5.73 Å². The molecular weight excluding hydrogens is 230 g/mol. The maximum Gasteiger partial charge on any atom is 0.196 e. The van der Waals surface area contributed by atoms with Gasteiger partial charge in [0.25, 0.3) is 0 Å². The lowest BCUT2D eigenvalue weighted by Gasteiger charge is -2.11. The number of carbonyl (C=O) groups is 1. The largest absolute Gasteiger partial charge is 0.382 e. The van der Waals surface area contributed by atoms with Gasteiger partial charge < -0.3 is 5.73 Å². The summed E-state index contributed by atoms with van der Waals surface area (Å²) in [6, 6.07) is 1.96. The molecule has 2 N–H and O–H groups in total. The van der Waals surface area contributed by atoms with Crippen LogP contribution >= 0.6 is 23.1 Å². The molecule has 0 aliphatic rings. The lowest BCUT2D eigenvalue weighted by molar-refractivity contribution is 0.0897. The number of hydrogen-bond donors (Lipinski definition) is 1. The molecule has 0 aliphatic heterocycles. The molecule has 4 nitrogen and oxygen atoms in total. The van der Waals surface area contributed by atoms with Gasteiger partial charge in [-0.15, -0.1) is 11.3 Å². The number of aromatic nitrogens is 1. The van der Waals surface area contributed by atoms with Crippen LogP contribution in [0, 0.1) is 16.7 Å². The molecule has 1 aromatic rings. The van der Waals surface area contributed by atoms with Crippen molar-refractivity contribution in [3.63, 3.8) is 0 Å². The third-order valence-corrected chi connectivity index (χ3v) is 3.92. The van der Waals surface area contributed by atoms with Crippen molar-refractivity contribution < 1.29 is 4.79 Å². The van der Waals surface area contributed by atoms with Crippen molar-refractivity contribution in [2.45, 2.75) is 18.2 Å². The molecule has 1 aromatic heterocycles. The molecule has 0 spiro atoms. The number of Topliss-reactive ketones (excluding diaryl/α,β-unsaturated/α-hetero) is 1. The van der Waals surface area contributed by atoms with Gasteiger partial charge in [0.05, 0.1) is 6.07 Å². The summed E-state index contributed by atoms with van der Waals surface area (Å²) in [5.74, 6) is -0.0435. The topological polar surface area (TPSA) is 79.8 Å². The zero-order valence-electron chi connectivity index (χ0n) is 8.70. The van der Waals surface area contributed by atoms with Gasteiger partial charge in [0, 0.05) is 0 Å². The number of nitrogens with zero attached hydrogens (tertiary/aromatic N) is 2. The van der Waals surface area contributed by atoms with Crippen LogP contribution in [0.15, 0.2) is 4.34 Å². The monoisotopic (exact) mass is 241 g/mol. The van der Waals surface area contributed by atoms with Gasteiger partial charge in [-0.2, -0.15) is 5.26 Å². The molecule has 15 heavy (non-hydrogen) atoms. The molecule has 0 saturated carbocycles. The predicted octanol–water partition coefficient (Wildman–Crippen LogP) is 2.18. The van der Waals surface area contributed by atoms with E-state index in [2.05, 4.69) is 4.98 Å². The molecule has 0 fully saturated rings.